The quantitative estimate of drug-likeness (QED) is 0.740. The molecular weight excluding hydrogens is 286 g/mol. The zero-order chi connectivity index (χ0) is 13.9. The highest BCUT2D eigenvalue weighted by atomic mass is 35.5. The minimum Gasteiger partial charge on any atom is -0.256 e. The predicted molar refractivity (Wildman–Crippen MR) is 87.1 cm³/mol. The lowest BCUT2D eigenvalue weighted by Gasteiger charge is -2.15. The van der Waals surface area contributed by atoms with Crippen molar-refractivity contribution < 1.29 is 0 Å². The fraction of sp³-hybridized carbons (Fsp3) is 0.353. The van der Waals surface area contributed by atoms with Gasteiger partial charge in [0.25, 0.3) is 0 Å². The van der Waals surface area contributed by atoms with E-state index < -0.39 is 0 Å². The van der Waals surface area contributed by atoms with Crippen LogP contribution in [0.25, 0.3) is 0 Å². The number of pyridine rings is 1. The van der Waals surface area contributed by atoms with E-state index in [4.69, 9.17) is 16.6 Å². The topological polar surface area (TPSA) is 12.9 Å². The van der Waals surface area contributed by atoms with Gasteiger partial charge in [0, 0.05) is 22.0 Å². The Kier molecular flexibility index (Phi) is 4.32. The minimum absolute atomic E-state index is 0.949. The van der Waals surface area contributed by atoms with E-state index in [0.717, 1.165) is 37.1 Å². The third kappa shape index (κ3) is 3.18. The summed E-state index contributed by atoms with van der Waals surface area (Å²) in [6.45, 7) is 2.15. The number of aromatic nitrogens is 1. The lowest BCUT2D eigenvalue weighted by Crippen LogP contribution is -2.01. The summed E-state index contributed by atoms with van der Waals surface area (Å²) in [5.41, 5.74) is 5.16. The molecule has 3 rings (SSSR count). The SMILES string of the molecule is CC1=CC(Cl)=C(CCc2ccc3c(n2)CC=CS3)CC1. The van der Waals surface area contributed by atoms with E-state index in [2.05, 4.69) is 36.6 Å². The van der Waals surface area contributed by atoms with Gasteiger partial charge in [-0.3, -0.25) is 4.98 Å². The molecule has 0 amide bonds. The molecule has 2 aliphatic rings. The average molecular weight is 304 g/mol. The van der Waals surface area contributed by atoms with Crippen molar-refractivity contribution in [3.63, 3.8) is 0 Å². The summed E-state index contributed by atoms with van der Waals surface area (Å²) in [6.07, 6.45) is 9.51. The van der Waals surface area contributed by atoms with Gasteiger partial charge in [-0.25, -0.2) is 0 Å². The van der Waals surface area contributed by atoms with Gasteiger partial charge in [-0.2, -0.15) is 0 Å². The van der Waals surface area contributed by atoms with Crippen LogP contribution >= 0.6 is 23.4 Å². The monoisotopic (exact) mass is 303 g/mol. The second kappa shape index (κ2) is 6.19. The molecule has 0 atom stereocenters. The molecule has 1 aromatic heterocycles. The van der Waals surface area contributed by atoms with Gasteiger partial charge in [-0.15, -0.1) is 0 Å². The molecule has 1 aliphatic carbocycles. The lowest BCUT2D eigenvalue weighted by atomic mass is 9.95. The number of thioether (sulfide) groups is 1. The van der Waals surface area contributed by atoms with E-state index in [1.807, 2.05) is 0 Å². The Morgan fingerprint density at radius 2 is 2.15 bits per heavy atom. The van der Waals surface area contributed by atoms with Gasteiger partial charge in [0.05, 0.1) is 5.69 Å². The number of aryl methyl sites for hydroxylation is 1. The molecule has 2 heterocycles. The van der Waals surface area contributed by atoms with Crippen molar-refractivity contribution in [3.05, 3.63) is 57.3 Å². The smallest absolute Gasteiger partial charge is 0.0583 e. The van der Waals surface area contributed by atoms with Crippen LogP contribution < -0.4 is 0 Å². The van der Waals surface area contributed by atoms with Gasteiger partial charge in [0.2, 0.25) is 0 Å². The zero-order valence-electron chi connectivity index (χ0n) is 11.7. The minimum atomic E-state index is 0.949. The van der Waals surface area contributed by atoms with Crippen LogP contribution in [0, 0.1) is 0 Å². The summed E-state index contributed by atoms with van der Waals surface area (Å²) in [7, 11) is 0. The fourth-order valence-electron chi connectivity index (χ4n) is 2.59. The molecule has 104 valence electrons. The molecule has 0 saturated carbocycles. The summed E-state index contributed by atoms with van der Waals surface area (Å²) in [5.74, 6) is 0. The van der Waals surface area contributed by atoms with Crippen LogP contribution in [0.4, 0.5) is 0 Å². The molecule has 0 radical (unpaired) electrons. The van der Waals surface area contributed by atoms with Crippen LogP contribution in [0.15, 0.2) is 50.8 Å². The predicted octanol–water partition coefficient (Wildman–Crippen LogP) is 5.41. The van der Waals surface area contributed by atoms with Gasteiger partial charge in [-0.1, -0.05) is 40.6 Å². The maximum Gasteiger partial charge on any atom is 0.0583 e. The van der Waals surface area contributed by atoms with Gasteiger partial charge < -0.3 is 0 Å². The average Bonchev–Trinajstić information content (AvgIpc) is 2.46. The molecule has 1 nitrogen and oxygen atoms in total. The number of halogens is 1. The van der Waals surface area contributed by atoms with E-state index in [0.29, 0.717) is 0 Å². The van der Waals surface area contributed by atoms with Crippen molar-refractivity contribution >= 4 is 23.4 Å². The van der Waals surface area contributed by atoms with Gasteiger partial charge in [0.1, 0.15) is 0 Å². The van der Waals surface area contributed by atoms with E-state index in [9.17, 15) is 0 Å². The van der Waals surface area contributed by atoms with Crippen molar-refractivity contribution in [1.29, 1.82) is 0 Å². The highest BCUT2D eigenvalue weighted by Crippen LogP contribution is 2.30. The Morgan fingerprint density at radius 1 is 1.25 bits per heavy atom. The van der Waals surface area contributed by atoms with E-state index in [1.54, 1.807) is 11.8 Å². The number of nitrogens with zero attached hydrogens (tertiary/aromatic N) is 1. The number of rotatable bonds is 3. The van der Waals surface area contributed by atoms with Crippen molar-refractivity contribution in [3.8, 4) is 0 Å². The van der Waals surface area contributed by atoms with Crippen LogP contribution in [-0.2, 0) is 12.8 Å². The van der Waals surface area contributed by atoms with E-state index in [-0.39, 0.29) is 0 Å². The third-order valence-electron chi connectivity index (χ3n) is 3.81. The largest absolute Gasteiger partial charge is 0.256 e. The summed E-state index contributed by atoms with van der Waals surface area (Å²) >= 11 is 8.09. The summed E-state index contributed by atoms with van der Waals surface area (Å²) < 4.78 is 0. The van der Waals surface area contributed by atoms with Crippen LogP contribution in [0.1, 0.15) is 37.6 Å². The first-order valence-corrected chi connectivity index (χ1v) is 8.33. The highest BCUT2D eigenvalue weighted by molar-refractivity contribution is 8.02. The number of hydrogen-bond acceptors (Lipinski definition) is 2. The molecule has 20 heavy (non-hydrogen) atoms. The summed E-state index contributed by atoms with van der Waals surface area (Å²) in [6, 6.07) is 4.36. The first-order chi connectivity index (χ1) is 9.72. The second-order valence-electron chi connectivity index (χ2n) is 5.38. The van der Waals surface area contributed by atoms with Crippen molar-refractivity contribution in [2.75, 3.05) is 0 Å². The lowest BCUT2D eigenvalue weighted by molar-refractivity contribution is 0.793. The molecular formula is C17H18ClNS. The Morgan fingerprint density at radius 3 is 3.00 bits per heavy atom. The molecule has 0 saturated heterocycles. The van der Waals surface area contributed by atoms with Crippen LogP contribution in [0.2, 0.25) is 0 Å². The number of hydrogen-bond donors (Lipinski definition) is 0. The van der Waals surface area contributed by atoms with Gasteiger partial charge in [0.15, 0.2) is 0 Å². The molecule has 0 spiro atoms. The van der Waals surface area contributed by atoms with Crippen molar-refractivity contribution in [2.45, 2.75) is 43.9 Å². The Hall–Kier alpha value is -0.990. The van der Waals surface area contributed by atoms with Gasteiger partial charge >= 0.3 is 0 Å². The van der Waals surface area contributed by atoms with Gasteiger partial charge in [-0.05, 0) is 56.2 Å². The molecule has 0 fully saturated rings. The fourth-order valence-corrected chi connectivity index (χ4v) is 3.72. The highest BCUT2D eigenvalue weighted by Gasteiger charge is 2.12. The first-order valence-electron chi connectivity index (χ1n) is 7.07. The summed E-state index contributed by atoms with van der Waals surface area (Å²) in [4.78, 5) is 6.08. The molecule has 0 bridgehead atoms. The zero-order valence-corrected chi connectivity index (χ0v) is 13.2. The molecule has 1 aromatic rings. The molecule has 0 aromatic carbocycles. The molecule has 0 unspecified atom stereocenters. The number of fused-ring (bicyclic) bond motifs is 1. The molecule has 1 aliphatic heterocycles. The maximum absolute atomic E-state index is 6.33. The molecule has 0 N–H and O–H groups in total. The van der Waals surface area contributed by atoms with Crippen LogP contribution in [-0.4, -0.2) is 4.98 Å². The normalized spacial score (nSPS) is 18.0. The molecule has 3 heteroatoms. The van der Waals surface area contributed by atoms with E-state index >= 15 is 0 Å². The standard InChI is InChI=1S/C17H18ClNS/c1-12-4-5-13(15(18)11-12)6-7-14-8-9-17-16(19-14)3-2-10-20-17/h2,8-11H,3-7H2,1H3. The van der Waals surface area contributed by atoms with Crippen molar-refractivity contribution in [1.82, 2.24) is 4.98 Å². The Balaban J connectivity index is 1.69. The van der Waals surface area contributed by atoms with Crippen molar-refractivity contribution in [2.24, 2.45) is 0 Å². The summed E-state index contributed by atoms with van der Waals surface area (Å²) in [5, 5.41) is 3.09. The van der Waals surface area contributed by atoms with Crippen LogP contribution in [0.5, 0.6) is 0 Å². The second-order valence-corrected chi connectivity index (χ2v) is 6.74. The Labute approximate surface area is 129 Å². The Bertz CT molecular complexity index is 613. The van der Waals surface area contributed by atoms with Crippen LogP contribution in [0.3, 0.4) is 0 Å². The van der Waals surface area contributed by atoms with E-state index in [1.165, 1.54) is 27.4 Å². The maximum atomic E-state index is 6.33. The first kappa shape index (κ1) is 14.0. The number of allylic oxidation sites excluding steroid dienone is 5. The third-order valence-corrected chi connectivity index (χ3v) is 5.14.